The van der Waals surface area contributed by atoms with Gasteiger partial charge in [-0.15, -0.1) is 0 Å². The van der Waals surface area contributed by atoms with Gasteiger partial charge in [0, 0.05) is 62.6 Å². The molecule has 1 amide bonds. The Morgan fingerprint density at radius 3 is 2.55 bits per heavy atom. The van der Waals surface area contributed by atoms with Crippen molar-refractivity contribution in [2.75, 3.05) is 42.9 Å². The van der Waals surface area contributed by atoms with Crippen LogP contribution in [0.2, 0.25) is 5.02 Å². The summed E-state index contributed by atoms with van der Waals surface area (Å²) in [5, 5.41) is 3.70. The topological polar surface area (TPSA) is 57.6 Å². The zero-order valence-electron chi connectivity index (χ0n) is 16.2. The molecular weight excluding hydrogens is 408 g/mol. The van der Waals surface area contributed by atoms with Crippen molar-refractivity contribution in [2.45, 2.75) is 6.42 Å². The summed E-state index contributed by atoms with van der Waals surface area (Å²) in [5.74, 6) is -0.00670. The predicted octanol–water partition coefficient (Wildman–Crippen LogP) is 3.40. The molecule has 0 saturated carbocycles. The standard InChI is InChI=1S/C21H23ClN4O2S/c1-24-18-7-4-16(14-19(18)29-21(24)28)23-20(27)8-9-25-10-12-26(13-11-25)17-5-2-15(22)3-6-17/h2-7,14H,8-13H2,1H3,(H,23,27). The molecule has 1 saturated heterocycles. The van der Waals surface area contributed by atoms with Crippen molar-refractivity contribution in [1.82, 2.24) is 9.47 Å². The number of nitrogens with one attached hydrogen (secondary N) is 1. The third kappa shape index (κ3) is 4.63. The van der Waals surface area contributed by atoms with Gasteiger partial charge in [-0.3, -0.25) is 14.5 Å². The second-order valence-electron chi connectivity index (χ2n) is 7.21. The Morgan fingerprint density at radius 2 is 1.83 bits per heavy atom. The van der Waals surface area contributed by atoms with Gasteiger partial charge < -0.3 is 14.8 Å². The minimum absolute atomic E-state index is 0.00113. The number of hydrogen-bond donors (Lipinski definition) is 1. The van der Waals surface area contributed by atoms with Gasteiger partial charge in [-0.1, -0.05) is 22.9 Å². The molecule has 0 radical (unpaired) electrons. The highest BCUT2D eigenvalue weighted by molar-refractivity contribution is 7.16. The molecule has 0 aliphatic carbocycles. The Hall–Kier alpha value is -2.35. The summed E-state index contributed by atoms with van der Waals surface area (Å²) in [4.78, 5) is 28.8. The Morgan fingerprint density at radius 1 is 1.10 bits per heavy atom. The van der Waals surface area contributed by atoms with Crippen LogP contribution >= 0.6 is 22.9 Å². The van der Waals surface area contributed by atoms with E-state index in [1.54, 1.807) is 11.6 Å². The Kier molecular flexibility index (Phi) is 5.89. The van der Waals surface area contributed by atoms with Crippen LogP contribution in [0.5, 0.6) is 0 Å². The van der Waals surface area contributed by atoms with Crippen molar-refractivity contribution in [1.29, 1.82) is 0 Å². The zero-order chi connectivity index (χ0) is 20.4. The van der Waals surface area contributed by atoms with Gasteiger partial charge in [0.15, 0.2) is 0 Å². The Balaban J connectivity index is 1.26. The van der Waals surface area contributed by atoms with E-state index >= 15 is 0 Å². The van der Waals surface area contributed by atoms with Crippen molar-refractivity contribution in [3.05, 3.63) is 57.2 Å². The first-order valence-corrected chi connectivity index (χ1v) is 10.8. The quantitative estimate of drug-likeness (QED) is 0.674. The number of hydrogen-bond acceptors (Lipinski definition) is 5. The molecule has 29 heavy (non-hydrogen) atoms. The van der Waals surface area contributed by atoms with Gasteiger partial charge in [-0.2, -0.15) is 0 Å². The van der Waals surface area contributed by atoms with E-state index in [0.29, 0.717) is 6.42 Å². The lowest BCUT2D eigenvalue weighted by Gasteiger charge is -2.36. The smallest absolute Gasteiger partial charge is 0.307 e. The monoisotopic (exact) mass is 430 g/mol. The molecule has 3 aromatic rings. The van der Waals surface area contributed by atoms with E-state index in [2.05, 4.69) is 15.1 Å². The van der Waals surface area contributed by atoms with E-state index in [1.807, 2.05) is 42.5 Å². The summed E-state index contributed by atoms with van der Waals surface area (Å²) in [5.41, 5.74) is 2.80. The maximum absolute atomic E-state index is 12.4. The van der Waals surface area contributed by atoms with Crippen molar-refractivity contribution in [3.8, 4) is 0 Å². The van der Waals surface area contributed by atoms with Crippen LogP contribution in [-0.2, 0) is 11.8 Å². The lowest BCUT2D eigenvalue weighted by molar-refractivity contribution is -0.116. The number of halogens is 1. The third-order valence-electron chi connectivity index (χ3n) is 5.30. The van der Waals surface area contributed by atoms with Gasteiger partial charge in [-0.05, 0) is 42.5 Å². The highest BCUT2D eigenvalue weighted by atomic mass is 35.5. The lowest BCUT2D eigenvalue weighted by Crippen LogP contribution is -2.47. The molecule has 1 aliphatic heterocycles. The van der Waals surface area contributed by atoms with Crippen LogP contribution in [0.15, 0.2) is 47.3 Å². The zero-order valence-corrected chi connectivity index (χ0v) is 17.8. The normalized spacial score (nSPS) is 15.0. The van der Waals surface area contributed by atoms with Crippen LogP contribution in [0.1, 0.15) is 6.42 Å². The number of aromatic nitrogens is 1. The minimum Gasteiger partial charge on any atom is -0.369 e. The summed E-state index contributed by atoms with van der Waals surface area (Å²) >= 11 is 7.15. The number of rotatable bonds is 5. The number of nitrogens with zero attached hydrogens (tertiary/aromatic N) is 3. The van der Waals surface area contributed by atoms with Gasteiger partial charge in [0.05, 0.1) is 10.2 Å². The van der Waals surface area contributed by atoms with Gasteiger partial charge in [0.1, 0.15) is 0 Å². The molecule has 0 unspecified atom stereocenters. The fraction of sp³-hybridized carbons (Fsp3) is 0.333. The number of amides is 1. The van der Waals surface area contributed by atoms with Crippen LogP contribution < -0.4 is 15.1 Å². The molecule has 0 bridgehead atoms. The number of piperazine rings is 1. The summed E-state index contributed by atoms with van der Waals surface area (Å²) in [6, 6.07) is 13.5. The van der Waals surface area contributed by atoms with Gasteiger partial charge in [0.2, 0.25) is 5.91 Å². The molecule has 4 rings (SSSR count). The molecular formula is C21H23ClN4O2S. The maximum atomic E-state index is 12.4. The average molecular weight is 431 g/mol. The Bertz CT molecular complexity index is 1070. The third-order valence-corrected chi connectivity index (χ3v) is 6.54. The van der Waals surface area contributed by atoms with E-state index in [9.17, 15) is 9.59 Å². The molecule has 2 aromatic carbocycles. The largest absolute Gasteiger partial charge is 0.369 e. The molecule has 2 heterocycles. The Labute approximate surface area is 178 Å². The summed E-state index contributed by atoms with van der Waals surface area (Å²) in [6.07, 6.45) is 0.448. The molecule has 152 valence electrons. The molecule has 0 atom stereocenters. The van der Waals surface area contributed by atoms with Crippen molar-refractivity contribution < 1.29 is 4.79 Å². The van der Waals surface area contributed by atoms with E-state index in [0.717, 1.165) is 53.7 Å². The predicted molar refractivity (Wildman–Crippen MR) is 120 cm³/mol. The number of fused-ring (bicyclic) bond motifs is 1. The average Bonchev–Trinajstić information content (AvgIpc) is 3.00. The van der Waals surface area contributed by atoms with Crippen LogP contribution in [0.25, 0.3) is 10.2 Å². The van der Waals surface area contributed by atoms with E-state index in [-0.39, 0.29) is 10.8 Å². The highest BCUT2D eigenvalue weighted by Crippen LogP contribution is 2.22. The number of thiazole rings is 1. The van der Waals surface area contributed by atoms with E-state index in [4.69, 9.17) is 11.6 Å². The van der Waals surface area contributed by atoms with Gasteiger partial charge in [-0.25, -0.2) is 0 Å². The minimum atomic E-state index is -0.00670. The molecule has 1 N–H and O–H groups in total. The summed E-state index contributed by atoms with van der Waals surface area (Å²) in [6.45, 7) is 4.47. The van der Waals surface area contributed by atoms with E-state index in [1.165, 1.54) is 17.0 Å². The second-order valence-corrected chi connectivity index (χ2v) is 8.64. The van der Waals surface area contributed by atoms with Gasteiger partial charge in [0.25, 0.3) is 0 Å². The molecule has 0 spiro atoms. The number of anilines is 2. The van der Waals surface area contributed by atoms with Crippen molar-refractivity contribution in [3.63, 3.8) is 0 Å². The van der Waals surface area contributed by atoms with E-state index < -0.39 is 0 Å². The maximum Gasteiger partial charge on any atom is 0.307 e. The lowest BCUT2D eigenvalue weighted by atomic mass is 10.2. The molecule has 6 nitrogen and oxygen atoms in total. The first-order valence-electron chi connectivity index (χ1n) is 9.62. The number of benzene rings is 2. The van der Waals surface area contributed by atoms with Crippen LogP contribution in [0.3, 0.4) is 0 Å². The SMILES string of the molecule is Cn1c(=O)sc2cc(NC(=O)CCN3CCN(c4ccc(Cl)cc4)CC3)ccc21. The van der Waals surface area contributed by atoms with Gasteiger partial charge >= 0.3 is 4.87 Å². The molecule has 1 fully saturated rings. The number of carbonyl (C=O) groups is 1. The van der Waals surface area contributed by atoms with Crippen molar-refractivity contribution in [2.24, 2.45) is 7.05 Å². The fourth-order valence-corrected chi connectivity index (χ4v) is 4.62. The van der Waals surface area contributed by atoms with Crippen LogP contribution in [-0.4, -0.2) is 48.1 Å². The fourth-order valence-electron chi connectivity index (χ4n) is 3.58. The molecule has 8 heteroatoms. The number of aryl methyl sites for hydroxylation is 1. The molecule has 1 aromatic heterocycles. The first-order chi connectivity index (χ1) is 14.0. The van der Waals surface area contributed by atoms with Crippen LogP contribution in [0.4, 0.5) is 11.4 Å². The summed E-state index contributed by atoms with van der Waals surface area (Å²) in [7, 11) is 1.76. The molecule has 1 aliphatic rings. The highest BCUT2D eigenvalue weighted by Gasteiger charge is 2.18. The second kappa shape index (κ2) is 8.57. The number of carbonyl (C=O) groups excluding carboxylic acids is 1. The first kappa shape index (κ1) is 19.9. The van der Waals surface area contributed by atoms with Crippen molar-refractivity contribution >= 4 is 50.4 Å². The van der Waals surface area contributed by atoms with Crippen LogP contribution in [0, 0.1) is 0 Å². The summed E-state index contributed by atoms with van der Waals surface area (Å²) < 4.78 is 2.50.